The molecular weight excluding hydrogens is 237 g/mol. The molecular formula is C8H14IN. The summed E-state index contributed by atoms with van der Waals surface area (Å²) in [5, 5.41) is 0. The summed E-state index contributed by atoms with van der Waals surface area (Å²) in [4.78, 5) is 0. The van der Waals surface area contributed by atoms with E-state index in [1.807, 2.05) is 6.92 Å². The standard InChI is InChI=1S/C8H14IN/c1-4-6-7(3)8(5-2)10-9/h5-6,10H,4H2,1-3H3/b7-6+,8-5-. The van der Waals surface area contributed by atoms with Crippen molar-refractivity contribution in [1.29, 1.82) is 0 Å². The Morgan fingerprint density at radius 1 is 1.60 bits per heavy atom. The maximum Gasteiger partial charge on any atom is 0.0560 e. The maximum absolute atomic E-state index is 3.10. The molecule has 1 nitrogen and oxygen atoms in total. The van der Waals surface area contributed by atoms with Crippen LogP contribution in [0.25, 0.3) is 0 Å². The molecule has 0 aliphatic heterocycles. The molecule has 0 saturated carbocycles. The maximum atomic E-state index is 3.10. The predicted octanol–water partition coefficient (Wildman–Crippen LogP) is 3.19. The average Bonchev–Trinajstić information content (AvgIpc) is 1.91. The summed E-state index contributed by atoms with van der Waals surface area (Å²) >= 11 is 2.15. The van der Waals surface area contributed by atoms with Gasteiger partial charge in [-0.15, -0.1) is 0 Å². The molecule has 0 aliphatic carbocycles. The van der Waals surface area contributed by atoms with E-state index in [1.54, 1.807) is 0 Å². The highest BCUT2D eigenvalue weighted by Crippen LogP contribution is 2.07. The van der Waals surface area contributed by atoms with E-state index in [-0.39, 0.29) is 0 Å². The van der Waals surface area contributed by atoms with E-state index in [0.717, 1.165) is 6.42 Å². The molecule has 0 atom stereocenters. The summed E-state index contributed by atoms with van der Waals surface area (Å²) in [5.74, 6) is 0. The first-order chi connectivity index (χ1) is 4.76. The first kappa shape index (κ1) is 10.0. The molecule has 0 fully saturated rings. The third kappa shape index (κ3) is 3.25. The van der Waals surface area contributed by atoms with Crippen molar-refractivity contribution in [3.63, 3.8) is 0 Å². The first-order valence-corrected chi connectivity index (χ1v) is 4.54. The Morgan fingerprint density at radius 3 is 2.50 bits per heavy atom. The van der Waals surface area contributed by atoms with Crippen LogP contribution in [0.5, 0.6) is 0 Å². The van der Waals surface area contributed by atoms with Gasteiger partial charge in [-0.1, -0.05) is 19.1 Å². The number of allylic oxidation sites excluding steroid dienone is 3. The lowest BCUT2D eigenvalue weighted by Gasteiger charge is -2.03. The van der Waals surface area contributed by atoms with Crippen molar-refractivity contribution in [2.24, 2.45) is 0 Å². The number of hydrogen-bond donors (Lipinski definition) is 1. The summed E-state index contributed by atoms with van der Waals surface area (Å²) in [6, 6.07) is 0. The average molecular weight is 251 g/mol. The monoisotopic (exact) mass is 251 g/mol. The smallest absolute Gasteiger partial charge is 0.0560 e. The van der Waals surface area contributed by atoms with Gasteiger partial charge in [-0.2, -0.15) is 0 Å². The van der Waals surface area contributed by atoms with Gasteiger partial charge >= 0.3 is 0 Å². The van der Waals surface area contributed by atoms with E-state index in [9.17, 15) is 0 Å². The minimum Gasteiger partial charge on any atom is -0.328 e. The molecule has 0 aromatic rings. The predicted molar refractivity (Wildman–Crippen MR) is 55.0 cm³/mol. The van der Waals surface area contributed by atoms with Crippen LogP contribution >= 0.6 is 22.9 Å². The van der Waals surface area contributed by atoms with Gasteiger partial charge in [0.25, 0.3) is 0 Å². The van der Waals surface area contributed by atoms with Gasteiger partial charge in [-0.25, -0.2) is 0 Å². The van der Waals surface area contributed by atoms with E-state index in [4.69, 9.17) is 0 Å². The zero-order valence-electron chi connectivity index (χ0n) is 6.74. The molecule has 0 radical (unpaired) electrons. The highest BCUT2D eigenvalue weighted by molar-refractivity contribution is 14.1. The molecule has 0 aliphatic rings. The lowest BCUT2D eigenvalue weighted by molar-refractivity contribution is 1.14. The molecule has 0 unspecified atom stereocenters. The highest BCUT2D eigenvalue weighted by Gasteiger charge is 1.92. The lowest BCUT2D eigenvalue weighted by atomic mass is 10.2. The summed E-state index contributed by atoms with van der Waals surface area (Å²) in [6.45, 7) is 6.29. The minimum absolute atomic E-state index is 1.10. The zero-order chi connectivity index (χ0) is 7.98. The molecule has 0 amide bonds. The van der Waals surface area contributed by atoms with E-state index < -0.39 is 0 Å². The van der Waals surface area contributed by atoms with Crippen LogP contribution in [-0.4, -0.2) is 0 Å². The van der Waals surface area contributed by atoms with Gasteiger partial charge in [0.2, 0.25) is 0 Å². The van der Waals surface area contributed by atoms with Crippen LogP contribution in [0, 0.1) is 0 Å². The second-order valence-electron chi connectivity index (χ2n) is 2.09. The van der Waals surface area contributed by atoms with E-state index >= 15 is 0 Å². The van der Waals surface area contributed by atoms with Gasteiger partial charge in [-0.05, 0) is 25.8 Å². The van der Waals surface area contributed by atoms with Crippen LogP contribution in [0.2, 0.25) is 0 Å². The van der Waals surface area contributed by atoms with Crippen molar-refractivity contribution in [2.45, 2.75) is 27.2 Å². The second-order valence-corrected chi connectivity index (χ2v) is 2.63. The Hall–Kier alpha value is 0.01000. The molecule has 1 N–H and O–H groups in total. The molecule has 0 saturated heterocycles. The van der Waals surface area contributed by atoms with Crippen molar-refractivity contribution in [3.05, 3.63) is 23.4 Å². The van der Waals surface area contributed by atoms with Crippen molar-refractivity contribution < 1.29 is 0 Å². The number of hydrogen-bond acceptors (Lipinski definition) is 1. The second kappa shape index (κ2) is 5.77. The molecule has 0 rings (SSSR count). The molecule has 0 bridgehead atoms. The van der Waals surface area contributed by atoms with Gasteiger partial charge in [0.15, 0.2) is 0 Å². The molecule has 0 spiro atoms. The summed E-state index contributed by atoms with van der Waals surface area (Å²) in [5.41, 5.74) is 2.53. The number of rotatable bonds is 3. The fourth-order valence-electron chi connectivity index (χ4n) is 0.773. The Morgan fingerprint density at radius 2 is 2.20 bits per heavy atom. The van der Waals surface area contributed by atoms with Crippen molar-refractivity contribution in [2.75, 3.05) is 0 Å². The van der Waals surface area contributed by atoms with Gasteiger partial charge < -0.3 is 3.53 Å². The van der Waals surface area contributed by atoms with Crippen LogP contribution in [0.3, 0.4) is 0 Å². The van der Waals surface area contributed by atoms with Crippen molar-refractivity contribution in [3.8, 4) is 0 Å². The Bertz CT molecular complexity index is 147. The largest absolute Gasteiger partial charge is 0.328 e. The van der Waals surface area contributed by atoms with Crippen LogP contribution < -0.4 is 3.53 Å². The SMILES string of the molecule is C/C=C(NI)/C(C)=C/CC. The minimum atomic E-state index is 1.10. The Kier molecular flexibility index (Phi) is 5.78. The Labute approximate surface area is 77.1 Å². The molecule has 58 valence electrons. The van der Waals surface area contributed by atoms with E-state index in [1.165, 1.54) is 11.3 Å². The highest BCUT2D eigenvalue weighted by atomic mass is 127. The molecule has 2 heteroatoms. The first-order valence-electron chi connectivity index (χ1n) is 3.46. The molecule has 0 aromatic heterocycles. The topological polar surface area (TPSA) is 12.0 Å². The molecule has 10 heavy (non-hydrogen) atoms. The fourth-order valence-corrected chi connectivity index (χ4v) is 1.51. The van der Waals surface area contributed by atoms with Crippen LogP contribution in [0.15, 0.2) is 23.4 Å². The summed E-state index contributed by atoms with van der Waals surface area (Å²) < 4.78 is 3.10. The van der Waals surface area contributed by atoms with Crippen LogP contribution in [0.1, 0.15) is 27.2 Å². The fraction of sp³-hybridized carbons (Fsp3) is 0.500. The summed E-state index contributed by atoms with van der Waals surface area (Å²) in [7, 11) is 0. The lowest BCUT2D eigenvalue weighted by Crippen LogP contribution is -1.98. The normalized spacial score (nSPS) is 13.6. The summed E-state index contributed by atoms with van der Waals surface area (Å²) in [6.07, 6.45) is 5.39. The van der Waals surface area contributed by atoms with Crippen LogP contribution in [-0.2, 0) is 0 Å². The number of nitrogens with one attached hydrogen (secondary N) is 1. The van der Waals surface area contributed by atoms with Gasteiger partial charge in [0.1, 0.15) is 0 Å². The van der Waals surface area contributed by atoms with Gasteiger partial charge in [0, 0.05) is 5.70 Å². The molecule has 0 heterocycles. The zero-order valence-corrected chi connectivity index (χ0v) is 8.90. The van der Waals surface area contributed by atoms with Gasteiger partial charge in [0.05, 0.1) is 22.9 Å². The third-order valence-corrected chi connectivity index (χ3v) is 1.91. The van der Waals surface area contributed by atoms with Gasteiger partial charge in [-0.3, -0.25) is 0 Å². The molecule has 0 aromatic carbocycles. The van der Waals surface area contributed by atoms with E-state index in [0.29, 0.717) is 0 Å². The van der Waals surface area contributed by atoms with Crippen LogP contribution in [0.4, 0.5) is 0 Å². The van der Waals surface area contributed by atoms with Crippen molar-refractivity contribution >= 4 is 22.9 Å². The quantitative estimate of drug-likeness (QED) is 0.461. The van der Waals surface area contributed by atoms with E-state index in [2.05, 4.69) is 52.4 Å². The number of halogens is 1. The third-order valence-electron chi connectivity index (χ3n) is 1.33. The Balaban J connectivity index is 4.16. The van der Waals surface area contributed by atoms with Crippen molar-refractivity contribution in [1.82, 2.24) is 3.53 Å².